The zero-order chi connectivity index (χ0) is 14.5. The van der Waals surface area contributed by atoms with Crippen LogP contribution in [0.5, 0.6) is 0 Å². The van der Waals surface area contributed by atoms with Crippen molar-refractivity contribution in [2.75, 3.05) is 12.3 Å². The maximum Gasteiger partial charge on any atom is 0.407 e. The Morgan fingerprint density at radius 1 is 1.47 bits per heavy atom. The van der Waals surface area contributed by atoms with Crippen LogP contribution >= 0.6 is 0 Å². The van der Waals surface area contributed by atoms with Crippen LogP contribution in [0.4, 0.5) is 14.9 Å². The van der Waals surface area contributed by atoms with Crippen molar-refractivity contribution in [3.8, 4) is 0 Å². The van der Waals surface area contributed by atoms with Gasteiger partial charge in [-0.25, -0.2) is 9.18 Å². The molecule has 1 amide bonds. The smallest absolute Gasteiger partial charge is 0.407 e. The highest BCUT2D eigenvalue weighted by atomic mass is 19.1. The molecular weight excluding hydrogens is 247 g/mol. The fourth-order valence-corrected chi connectivity index (χ4v) is 1.33. The fourth-order valence-electron chi connectivity index (χ4n) is 1.33. The summed E-state index contributed by atoms with van der Waals surface area (Å²) in [5.41, 5.74) is 5.89. The molecule has 19 heavy (non-hydrogen) atoms. The maximum absolute atomic E-state index is 13.4. The van der Waals surface area contributed by atoms with E-state index in [9.17, 15) is 9.18 Å². The first-order chi connectivity index (χ1) is 8.78. The number of ether oxygens (including phenoxy) is 1. The first-order valence-corrected chi connectivity index (χ1v) is 5.96. The normalized spacial score (nSPS) is 11.6. The number of rotatable bonds is 3. The topological polar surface area (TPSA) is 64.3 Å². The van der Waals surface area contributed by atoms with Crippen LogP contribution in [0, 0.1) is 5.82 Å². The lowest BCUT2D eigenvalue weighted by molar-refractivity contribution is 0.0534. The summed E-state index contributed by atoms with van der Waals surface area (Å²) in [6.07, 6.45) is 2.68. The maximum atomic E-state index is 13.4. The van der Waals surface area contributed by atoms with Gasteiger partial charge in [0.05, 0.1) is 0 Å². The van der Waals surface area contributed by atoms with Crippen LogP contribution in [0.25, 0.3) is 6.08 Å². The van der Waals surface area contributed by atoms with Gasteiger partial charge in [-0.05, 0) is 39.0 Å². The molecule has 4 nitrogen and oxygen atoms in total. The summed E-state index contributed by atoms with van der Waals surface area (Å²) in [5.74, 6) is -0.359. The third kappa shape index (κ3) is 5.90. The van der Waals surface area contributed by atoms with Gasteiger partial charge in [-0.2, -0.15) is 0 Å². The summed E-state index contributed by atoms with van der Waals surface area (Å²) in [4.78, 5) is 11.3. The molecule has 3 N–H and O–H groups in total. The standard InChI is InChI=1S/C14H19FN2O2/c1-14(2,3)19-13(18)17-8-4-5-10-9-11(16)6-7-12(10)15/h4-7,9H,8,16H2,1-3H3,(H,17,18). The summed E-state index contributed by atoms with van der Waals surface area (Å²) in [7, 11) is 0. The van der Waals surface area contributed by atoms with E-state index < -0.39 is 11.7 Å². The summed E-state index contributed by atoms with van der Waals surface area (Å²) in [6, 6.07) is 4.32. The van der Waals surface area contributed by atoms with E-state index in [2.05, 4.69) is 5.32 Å². The largest absolute Gasteiger partial charge is 0.444 e. The van der Waals surface area contributed by atoms with Gasteiger partial charge in [0.25, 0.3) is 0 Å². The number of alkyl carbamates (subject to hydrolysis) is 1. The highest BCUT2D eigenvalue weighted by Crippen LogP contribution is 2.13. The highest BCUT2D eigenvalue weighted by molar-refractivity contribution is 5.68. The van der Waals surface area contributed by atoms with Crippen LogP contribution in [-0.2, 0) is 4.74 Å². The van der Waals surface area contributed by atoms with Crippen molar-refractivity contribution in [2.45, 2.75) is 26.4 Å². The van der Waals surface area contributed by atoms with E-state index in [1.165, 1.54) is 18.2 Å². The van der Waals surface area contributed by atoms with Crippen LogP contribution in [-0.4, -0.2) is 18.2 Å². The van der Waals surface area contributed by atoms with Crippen molar-refractivity contribution in [3.63, 3.8) is 0 Å². The Hall–Kier alpha value is -2.04. The first-order valence-electron chi connectivity index (χ1n) is 5.96. The molecule has 0 fully saturated rings. The number of halogens is 1. The lowest BCUT2D eigenvalue weighted by Crippen LogP contribution is -2.32. The van der Waals surface area contributed by atoms with Crippen molar-refractivity contribution in [1.29, 1.82) is 0 Å². The lowest BCUT2D eigenvalue weighted by Gasteiger charge is -2.19. The van der Waals surface area contributed by atoms with Crippen LogP contribution in [0.1, 0.15) is 26.3 Å². The van der Waals surface area contributed by atoms with E-state index in [4.69, 9.17) is 10.5 Å². The lowest BCUT2D eigenvalue weighted by atomic mass is 10.2. The minimum absolute atomic E-state index is 0.253. The minimum Gasteiger partial charge on any atom is -0.444 e. The third-order valence-corrected chi connectivity index (χ3v) is 2.08. The van der Waals surface area contributed by atoms with Crippen molar-refractivity contribution in [2.24, 2.45) is 0 Å². The van der Waals surface area contributed by atoms with E-state index >= 15 is 0 Å². The number of hydrogen-bond donors (Lipinski definition) is 2. The van der Waals surface area contributed by atoms with E-state index in [0.717, 1.165) is 0 Å². The molecule has 1 aromatic carbocycles. The molecule has 1 aromatic rings. The van der Waals surface area contributed by atoms with E-state index in [1.54, 1.807) is 32.9 Å². The predicted molar refractivity (Wildman–Crippen MR) is 74.1 cm³/mol. The van der Waals surface area contributed by atoms with Gasteiger partial charge in [0.2, 0.25) is 0 Å². The average molecular weight is 266 g/mol. The molecule has 0 saturated heterocycles. The number of anilines is 1. The first kappa shape index (κ1) is 15.0. The summed E-state index contributed by atoms with van der Waals surface area (Å²) < 4.78 is 18.4. The quantitative estimate of drug-likeness (QED) is 0.827. The number of carbonyl (C=O) groups excluding carboxylic acids is 1. The van der Waals surface area contributed by atoms with Gasteiger partial charge in [0.15, 0.2) is 0 Å². The number of amides is 1. The molecule has 0 heterocycles. The number of hydrogen-bond acceptors (Lipinski definition) is 3. The number of nitrogens with one attached hydrogen (secondary N) is 1. The molecule has 0 aliphatic heterocycles. The molecule has 1 rings (SSSR count). The average Bonchev–Trinajstić information content (AvgIpc) is 2.26. The SMILES string of the molecule is CC(C)(C)OC(=O)NCC=Cc1cc(N)ccc1F. The molecule has 0 aliphatic carbocycles. The molecule has 0 unspecified atom stereocenters. The molecule has 0 bridgehead atoms. The van der Waals surface area contributed by atoms with Gasteiger partial charge in [-0.15, -0.1) is 0 Å². The molecule has 0 aliphatic rings. The molecule has 0 saturated carbocycles. The van der Waals surface area contributed by atoms with Crippen molar-refractivity contribution >= 4 is 17.9 Å². The number of nitrogens with two attached hydrogens (primary N) is 1. The Morgan fingerprint density at radius 3 is 2.79 bits per heavy atom. The second kappa shape index (κ2) is 6.22. The van der Waals surface area contributed by atoms with Crippen molar-refractivity contribution in [3.05, 3.63) is 35.7 Å². The van der Waals surface area contributed by atoms with Gasteiger partial charge < -0.3 is 15.8 Å². The Morgan fingerprint density at radius 2 is 2.16 bits per heavy atom. The van der Waals surface area contributed by atoms with Gasteiger partial charge in [-0.1, -0.05) is 12.2 Å². The second-order valence-corrected chi connectivity index (χ2v) is 5.07. The minimum atomic E-state index is -0.534. The van der Waals surface area contributed by atoms with Crippen LogP contribution < -0.4 is 11.1 Å². The number of carbonyl (C=O) groups is 1. The zero-order valence-electron chi connectivity index (χ0n) is 11.4. The Bertz CT molecular complexity index is 479. The van der Waals surface area contributed by atoms with E-state index in [-0.39, 0.29) is 12.4 Å². The zero-order valence-corrected chi connectivity index (χ0v) is 11.4. The summed E-state index contributed by atoms with van der Waals surface area (Å²) >= 11 is 0. The van der Waals surface area contributed by atoms with Gasteiger partial charge in [0, 0.05) is 17.8 Å². The van der Waals surface area contributed by atoms with Crippen LogP contribution in [0.15, 0.2) is 24.3 Å². The van der Waals surface area contributed by atoms with Crippen LogP contribution in [0.2, 0.25) is 0 Å². The van der Waals surface area contributed by atoms with Gasteiger partial charge >= 0.3 is 6.09 Å². The molecule has 0 aromatic heterocycles. The Kier molecular flexibility index (Phi) is 4.92. The molecule has 104 valence electrons. The predicted octanol–water partition coefficient (Wildman–Crippen LogP) is 2.95. The summed E-state index contributed by atoms with van der Waals surface area (Å²) in [5, 5.41) is 2.54. The molecule has 5 heteroatoms. The van der Waals surface area contributed by atoms with Crippen LogP contribution in [0.3, 0.4) is 0 Å². The Labute approximate surface area is 112 Å². The molecule has 0 atom stereocenters. The van der Waals surface area contributed by atoms with E-state index in [1.807, 2.05) is 0 Å². The number of benzene rings is 1. The fraction of sp³-hybridized carbons (Fsp3) is 0.357. The second-order valence-electron chi connectivity index (χ2n) is 5.07. The van der Waals surface area contributed by atoms with Crippen molar-refractivity contribution in [1.82, 2.24) is 5.32 Å². The Balaban J connectivity index is 2.47. The molecule has 0 radical (unpaired) electrons. The van der Waals surface area contributed by atoms with Crippen molar-refractivity contribution < 1.29 is 13.9 Å². The monoisotopic (exact) mass is 266 g/mol. The van der Waals surface area contributed by atoms with Gasteiger partial charge in [-0.3, -0.25) is 0 Å². The highest BCUT2D eigenvalue weighted by Gasteiger charge is 2.14. The third-order valence-electron chi connectivity index (χ3n) is 2.08. The summed E-state index contributed by atoms with van der Waals surface area (Å²) in [6.45, 7) is 5.60. The molecule has 0 spiro atoms. The van der Waals surface area contributed by atoms with Gasteiger partial charge in [0.1, 0.15) is 11.4 Å². The molecular formula is C14H19FN2O2. The van der Waals surface area contributed by atoms with E-state index in [0.29, 0.717) is 11.3 Å². The number of nitrogen functional groups attached to an aromatic ring is 1.